The third-order valence-corrected chi connectivity index (χ3v) is 6.40. The van der Waals surface area contributed by atoms with Gasteiger partial charge in [-0.25, -0.2) is 0 Å². The second-order valence-electron chi connectivity index (χ2n) is 6.89. The summed E-state index contributed by atoms with van der Waals surface area (Å²) in [5, 5.41) is 4.32. The Bertz CT molecular complexity index is 802. The van der Waals surface area contributed by atoms with E-state index in [1.807, 2.05) is 24.3 Å². The zero-order chi connectivity index (χ0) is 17.8. The van der Waals surface area contributed by atoms with Crippen molar-refractivity contribution >= 4 is 34.9 Å². The second kappa shape index (κ2) is 7.93. The quantitative estimate of drug-likeness (QED) is 0.724. The molecule has 1 spiro atoms. The Hall–Kier alpha value is -1.65. The van der Waals surface area contributed by atoms with Crippen molar-refractivity contribution in [3.63, 3.8) is 0 Å². The number of anilines is 1. The lowest BCUT2D eigenvalue weighted by molar-refractivity contribution is 0.326. The molecule has 0 radical (unpaired) electrons. The third-order valence-electron chi connectivity index (χ3n) is 5.18. The molecule has 3 nitrogen and oxygen atoms in total. The molecule has 5 heteroatoms. The molecule has 2 heterocycles. The van der Waals surface area contributed by atoms with E-state index in [1.54, 1.807) is 0 Å². The first-order valence-corrected chi connectivity index (χ1v) is 10.6. The van der Waals surface area contributed by atoms with E-state index >= 15 is 0 Å². The summed E-state index contributed by atoms with van der Waals surface area (Å²) in [7, 11) is 0. The van der Waals surface area contributed by atoms with Gasteiger partial charge in [0.15, 0.2) is 0 Å². The second-order valence-corrected chi connectivity index (χ2v) is 8.55. The predicted molar refractivity (Wildman–Crippen MR) is 112 cm³/mol. The highest BCUT2D eigenvalue weighted by Crippen LogP contribution is 2.43. The number of nitrogens with one attached hydrogen (secondary N) is 1. The molecule has 0 aromatic heterocycles. The topological polar surface area (TPSA) is 33.6 Å². The SMILES string of the molecule is Clc1cccc(OCCN=C2Nc3ccccc3CC23CCSCC3)c1. The molecule has 0 unspecified atom stereocenters. The molecule has 0 atom stereocenters. The standard InChI is InChI=1S/C21H23ClN2OS/c22-17-5-3-6-18(14-17)25-11-10-23-20-21(8-12-26-13-9-21)15-16-4-1-2-7-19(16)24-20/h1-7,14H,8-13,15H2,(H,23,24). The number of ether oxygens (including phenoxy) is 1. The highest BCUT2D eigenvalue weighted by molar-refractivity contribution is 7.99. The molecular weight excluding hydrogens is 364 g/mol. The molecule has 2 aliphatic rings. The molecule has 0 aliphatic carbocycles. The summed E-state index contributed by atoms with van der Waals surface area (Å²) in [5.74, 6) is 4.36. The maximum absolute atomic E-state index is 6.01. The van der Waals surface area contributed by atoms with E-state index in [-0.39, 0.29) is 5.41 Å². The molecular formula is C21H23ClN2OS. The molecule has 1 N–H and O–H groups in total. The van der Waals surface area contributed by atoms with Gasteiger partial charge in [-0.1, -0.05) is 35.9 Å². The Balaban J connectivity index is 1.48. The molecule has 1 fully saturated rings. The van der Waals surface area contributed by atoms with E-state index < -0.39 is 0 Å². The molecule has 0 saturated carbocycles. The van der Waals surface area contributed by atoms with Crippen LogP contribution in [0.1, 0.15) is 18.4 Å². The maximum atomic E-state index is 6.01. The number of hydrogen-bond donors (Lipinski definition) is 1. The van der Waals surface area contributed by atoms with Crippen molar-refractivity contribution in [1.82, 2.24) is 0 Å². The normalized spacial score (nSPS) is 19.8. The Morgan fingerprint density at radius 2 is 1.96 bits per heavy atom. The van der Waals surface area contributed by atoms with Crippen LogP contribution in [0.4, 0.5) is 5.69 Å². The van der Waals surface area contributed by atoms with Crippen molar-refractivity contribution < 1.29 is 4.74 Å². The Morgan fingerprint density at radius 3 is 2.81 bits per heavy atom. The van der Waals surface area contributed by atoms with Crippen LogP contribution in [0.5, 0.6) is 5.75 Å². The Morgan fingerprint density at radius 1 is 1.12 bits per heavy atom. The van der Waals surface area contributed by atoms with Gasteiger partial charge in [0.2, 0.25) is 0 Å². The van der Waals surface area contributed by atoms with Gasteiger partial charge < -0.3 is 10.1 Å². The van der Waals surface area contributed by atoms with E-state index in [0.717, 1.165) is 18.0 Å². The van der Waals surface area contributed by atoms with E-state index in [0.29, 0.717) is 18.2 Å². The molecule has 1 saturated heterocycles. The number of thioether (sulfide) groups is 1. The van der Waals surface area contributed by atoms with Crippen LogP contribution in [0.25, 0.3) is 0 Å². The van der Waals surface area contributed by atoms with Gasteiger partial charge in [-0.2, -0.15) is 11.8 Å². The maximum Gasteiger partial charge on any atom is 0.120 e. The zero-order valence-corrected chi connectivity index (χ0v) is 16.3. The summed E-state index contributed by atoms with van der Waals surface area (Å²) in [4.78, 5) is 4.93. The van der Waals surface area contributed by atoms with Gasteiger partial charge in [0.05, 0.1) is 6.54 Å². The lowest BCUT2D eigenvalue weighted by Crippen LogP contribution is -2.44. The van der Waals surface area contributed by atoms with Crippen LogP contribution in [0.15, 0.2) is 53.5 Å². The predicted octanol–water partition coefficient (Wildman–Crippen LogP) is 5.30. The van der Waals surface area contributed by atoms with Crippen molar-refractivity contribution in [2.75, 3.05) is 30.0 Å². The Kier molecular flexibility index (Phi) is 5.41. The first-order chi connectivity index (χ1) is 12.8. The fourth-order valence-electron chi connectivity index (χ4n) is 3.77. The summed E-state index contributed by atoms with van der Waals surface area (Å²) in [5.41, 5.74) is 2.77. The first kappa shape index (κ1) is 17.7. The van der Waals surface area contributed by atoms with Crippen molar-refractivity contribution in [2.24, 2.45) is 10.4 Å². The number of aliphatic imine (C=N–C) groups is 1. The van der Waals surface area contributed by atoms with Gasteiger partial charge in [0.1, 0.15) is 18.2 Å². The minimum absolute atomic E-state index is 0.162. The van der Waals surface area contributed by atoms with Gasteiger partial charge in [-0.15, -0.1) is 0 Å². The minimum Gasteiger partial charge on any atom is -0.492 e. The molecule has 2 aromatic carbocycles. The van der Waals surface area contributed by atoms with Gasteiger partial charge in [0, 0.05) is 16.1 Å². The van der Waals surface area contributed by atoms with Crippen LogP contribution < -0.4 is 10.1 Å². The Labute approximate surface area is 164 Å². The molecule has 26 heavy (non-hydrogen) atoms. The van der Waals surface area contributed by atoms with E-state index in [4.69, 9.17) is 21.3 Å². The summed E-state index contributed by atoms with van der Waals surface area (Å²) in [6.45, 7) is 1.20. The van der Waals surface area contributed by atoms with E-state index in [1.165, 1.54) is 35.6 Å². The highest BCUT2D eigenvalue weighted by Gasteiger charge is 2.41. The lowest BCUT2D eigenvalue weighted by Gasteiger charge is -2.42. The van der Waals surface area contributed by atoms with E-state index in [9.17, 15) is 0 Å². The van der Waals surface area contributed by atoms with Gasteiger partial charge in [0.25, 0.3) is 0 Å². The zero-order valence-electron chi connectivity index (χ0n) is 14.7. The number of rotatable bonds is 4. The molecule has 136 valence electrons. The van der Waals surface area contributed by atoms with Crippen molar-refractivity contribution in [2.45, 2.75) is 19.3 Å². The molecule has 0 bridgehead atoms. The number of hydrogen-bond acceptors (Lipinski definition) is 3. The van der Waals surface area contributed by atoms with Crippen molar-refractivity contribution in [3.8, 4) is 5.75 Å². The van der Waals surface area contributed by atoms with Crippen LogP contribution in [0, 0.1) is 5.41 Å². The summed E-state index contributed by atoms with van der Waals surface area (Å²) in [6.07, 6.45) is 3.46. The number of fused-ring (bicyclic) bond motifs is 1. The molecule has 2 aliphatic heterocycles. The summed E-state index contributed by atoms with van der Waals surface area (Å²) in [6, 6.07) is 16.1. The third kappa shape index (κ3) is 3.86. The number of nitrogens with zero attached hydrogens (tertiary/aromatic N) is 1. The van der Waals surface area contributed by atoms with Crippen LogP contribution in [-0.2, 0) is 6.42 Å². The van der Waals surface area contributed by atoms with Gasteiger partial charge in [-0.05, 0) is 60.6 Å². The van der Waals surface area contributed by atoms with Gasteiger partial charge in [-0.3, -0.25) is 4.99 Å². The minimum atomic E-state index is 0.162. The average Bonchev–Trinajstić information content (AvgIpc) is 2.66. The van der Waals surface area contributed by atoms with Crippen molar-refractivity contribution in [3.05, 3.63) is 59.1 Å². The average molecular weight is 387 g/mol. The fourth-order valence-corrected chi connectivity index (χ4v) is 5.22. The van der Waals surface area contributed by atoms with Crippen LogP contribution in [-0.4, -0.2) is 30.5 Å². The summed E-state index contributed by atoms with van der Waals surface area (Å²) >= 11 is 8.06. The molecule has 4 rings (SSSR count). The summed E-state index contributed by atoms with van der Waals surface area (Å²) < 4.78 is 5.80. The first-order valence-electron chi connectivity index (χ1n) is 9.11. The van der Waals surface area contributed by atoms with Crippen LogP contribution in [0.2, 0.25) is 5.02 Å². The molecule has 2 aromatic rings. The fraction of sp³-hybridized carbons (Fsp3) is 0.381. The number of para-hydroxylation sites is 1. The highest BCUT2D eigenvalue weighted by atomic mass is 35.5. The monoisotopic (exact) mass is 386 g/mol. The largest absolute Gasteiger partial charge is 0.492 e. The lowest BCUT2D eigenvalue weighted by atomic mass is 9.73. The van der Waals surface area contributed by atoms with Crippen LogP contribution in [0.3, 0.4) is 0 Å². The number of benzene rings is 2. The number of amidine groups is 1. The smallest absolute Gasteiger partial charge is 0.120 e. The number of halogens is 1. The van der Waals surface area contributed by atoms with Crippen LogP contribution >= 0.6 is 23.4 Å². The molecule has 0 amide bonds. The van der Waals surface area contributed by atoms with Gasteiger partial charge >= 0.3 is 0 Å². The van der Waals surface area contributed by atoms with E-state index in [2.05, 4.69) is 41.3 Å². The van der Waals surface area contributed by atoms with Crippen molar-refractivity contribution in [1.29, 1.82) is 0 Å².